The van der Waals surface area contributed by atoms with E-state index in [1.165, 1.54) is 19.1 Å². The third-order valence-corrected chi connectivity index (χ3v) is 3.91. The van der Waals surface area contributed by atoms with Crippen LogP contribution < -0.4 is 10.5 Å². The summed E-state index contributed by atoms with van der Waals surface area (Å²) in [7, 11) is -3.89. The van der Waals surface area contributed by atoms with Crippen molar-refractivity contribution in [2.75, 3.05) is 6.54 Å². The highest BCUT2D eigenvalue weighted by atomic mass is 32.2. The molecule has 94 valence electrons. The van der Waals surface area contributed by atoms with Crippen LogP contribution in [0.3, 0.4) is 0 Å². The van der Waals surface area contributed by atoms with Crippen molar-refractivity contribution in [1.82, 2.24) is 4.72 Å². The number of hydrogen-bond donors (Lipinski definition) is 3. The molecular weight excluding hydrogens is 244 g/mol. The van der Waals surface area contributed by atoms with Crippen molar-refractivity contribution in [3.63, 3.8) is 0 Å². The average molecular weight is 258 g/mol. The molecule has 0 aliphatic heterocycles. The first-order valence-corrected chi connectivity index (χ1v) is 6.32. The summed E-state index contributed by atoms with van der Waals surface area (Å²) in [6, 6.07) is 7.52. The third kappa shape index (κ3) is 3.02. The van der Waals surface area contributed by atoms with E-state index in [1.54, 1.807) is 18.2 Å². The highest BCUT2D eigenvalue weighted by molar-refractivity contribution is 7.89. The minimum Gasteiger partial charge on any atom is -0.480 e. The van der Waals surface area contributed by atoms with Crippen LogP contribution in [-0.4, -0.2) is 31.6 Å². The Hall–Kier alpha value is -1.44. The van der Waals surface area contributed by atoms with Gasteiger partial charge in [-0.25, -0.2) is 8.42 Å². The summed E-state index contributed by atoms with van der Waals surface area (Å²) in [5, 5.41) is 8.94. The number of carboxylic acid groups (broad SMARTS) is 1. The van der Waals surface area contributed by atoms with Crippen LogP contribution in [0, 0.1) is 0 Å². The fourth-order valence-electron chi connectivity index (χ4n) is 1.13. The van der Waals surface area contributed by atoms with Crippen molar-refractivity contribution < 1.29 is 18.3 Å². The Morgan fingerprint density at radius 1 is 1.41 bits per heavy atom. The first kappa shape index (κ1) is 13.6. The molecule has 0 saturated carbocycles. The standard InChI is InChI=1S/C10H14N2O4S/c1-10(7-11,9(13)14)12-17(15,16)8-5-3-2-4-6-8/h2-6,12H,7,11H2,1H3,(H,13,14). The smallest absolute Gasteiger partial charge is 0.325 e. The van der Waals surface area contributed by atoms with Gasteiger partial charge in [-0.3, -0.25) is 4.79 Å². The molecule has 0 aliphatic carbocycles. The highest BCUT2D eigenvalue weighted by Gasteiger charge is 2.36. The molecule has 4 N–H and O–H groups in total. The van der Waals surface area contributed by atoms with Crippen molar-refractivity contribution in [2.45, 2.75) is 17.4 Å². The lowest BCUT2D eigenvalue weighted by Crippen LogP contribution is -2.56. The normalized spacial score (nSPS) is 15.2. The first-order chi connectivity index (χ1) is 7.82. The number of rotatable bonds is 5. The molecule has 6 nitrogen and oxygen atoms in total. The van der Waals surface area contributed by atoms with E-state index in [4.69, 9.17) is 10.8 Å². The van der Waals surface area contributed by atoms with Crippen LogP contribution in [0.4, 0.5) is 0 Å². The SMILES string of the molecule is CC(CN)(NS(=O)(=O)c1ccccc1)C(=O)O. The zero-order chi connectivity index (χ0) is 13.1. The zero-order valence-corrected chi connectivity index (χ0v) is 10.1. The number of nitrogens with one attached hydrogen (secondary N) is 1. The lowest BCUT2D eigenvalue weighted by molar-refractivity contribution is -0.142. The molecule has 1 aromatic rings. The number of nitrogens with two attached hydrogens (primary N) is 1. The van der Waals surface area contributed by atoms with Crippen LogP contribution in [0.15, 0.2) is 35.2 Å². The Bertz CT molecular complexity index is 500. The first-order valence-electron chi connectivity index (χ1n) is 4.84. The highest BCUT2D eigenvalue weighted by Crippen LogP contribution is 2.12. The number of benzene rings is 1. The molecule has 1 atom stereocenters. The maximum atomic E-state index is 11.9. The van der Waals surface area contributed by atoms with Crippen molar-refractivity contribution in [1.29, 1.82) is 0 Å². The van der Waals surface area contributed by atoms with E-state index >= 15 is 0 Å². The van der Waals surface area contributed by atoms with Gasteiger partial charge in [-0.2, -0.15) is 4.72 Å². The van der Waals surface area contributed by atoms with Gasteiger partial charge >= 0.3 is 5.97 Å². The van der Waals surface area contributed by atoms with Crippen LogP contribution in [0.5, 0.6) is 0 Å². The largest absolute Gasteiger partial charge is 0.480 e. The monoisotopic (exact) mass is 258 g/mol. The Morgan fingerprint density at radius 2 is 1.94 bits per heavy atom. The summed E-state index contributed by atoms with van der Waals surface area (Å²) >= 11 is 0. The number of carboxylic acids is 1. The molecule has 0 saturated heterocycles. The summed E-state index contributed by atoms with van der Waals surface area (Å²) in [6.45, 7) is 0.879. The van der Waals surface area contributed by atoms with Gasteiger partial charge in [0.25, 0.3) is 0 Å². The van der Waals surface area contributed by atoms with Gasteiger partial charge in [0.2, 0.25) is 10.0 Å². The molecule has 0 radical (unpaired) electrons. The second-order valence-electron chi connectivity index (χ2n) is 3.76. The van der Waals surface area contributed by atoms with Crippen LogP contribution in [0.1, 0.15) is 6.92 Å². The molecular formula is C10H14N2O4S. The van der Waals surface area contributed by atoms with Gasteiger partial charge in [-0.15, -0.1) is 0 Å². The molecule has 0 aromatic heterocycles. The van der Waals surface area contributed by atoms with Crippen molar-refractivity contribution in [2.24, 2.45) is 5.73 Å². The average Bonchev–Trinajstić information content (AvgIpc) is 2.29. The molecule has 0 fully saturated rings. The summed E-state index contributed by atoms with van der Waals surface area (Å²) < 4.78 is 25.8. The van der Waals surface area contributed by atoms with E-state index in [2.05, 4.69) is 4.72 Å². The van der Waals surface area contributed by atoms with Gasteiger partial charge in [-0.05, 0) is 19.1 Å². The molecule has 1 unspecified atom stereocenters. The van der Waals surface area contributed by atoms with E-state index in [-0.39, 0.29) is 11.4 Å². The molecule has 1 aromatic carbocycles. The van der Waals surface area contributed by atoms with Crippen LogP contribution >= 0.6 is 0 Å². The summed E-state index contributed by atoms with van der Waals surface area (Å²) in [6.07, 6.45) is 0. The molecule has 7 heteroatoms. The van der Waals surface area contributed by atoms with Crippen LogP contribution in [0.2, 0.25) is 0 Å². The number of sulfonamides is 1. The van der Waals surface area contributed by atoms with E-state index in [0.717, 1.165) is 0 Å². The quantitative estimate of drug-likeness (QED) is 0.675. The lowest BCUT2D eigenvalue weighted by Gasteiger charge is -2.23. The summed E-state index contributed by atoms with van der Waals surface area (Å²) in [5.74, 6) is -1.32. The third-order valence-electron chi connectivity index (χ3n) is 2.29. The maximum Gasteiger partial charge on any atom is 0.325 e. The minimum atomic E-state index is -3.89. The Balaban J connectivity index is 3.07. The van der Waals surface area contributed by atoms with E-state index in [0.29, 0.717) is 0 Å². The zero-order valence-electron chi connectivity index (χ0n) is 9.25. The number of carbonyl (C=O) groups is 1. The van der Waals surface area contributed by atoms with Gasteiger partial charge in [0, 0.05) is 6.54 Å². The van der Waals surface area contributed by atoms with Crippen molar-refractivity contribution in [3.8, 4) is 0 Å². The second kappa shape index (κ2) is 4.82. The Labute approximate surface area is 99.5 Å². The van der Waals surface area contributed by atoms with Gasteiger partial charge < -0.3 is 10.8 Å². The van der Waals surface area contributed by atoms with Gasteiger partial charge in [0.1, 0.15) is 5.54 Å². The molecule has 0 heterocycles. The van der Waals surface area contributed by atoms with E-state index < -0.39 is 21.5 Å². The number of aliphatic carboxylic acids is 1. The number of hydrogen-bond acceptors (Lipinski definition) is 4. The van der Waals surface area contributed by atoms with Crippen LogP contribution in [0.25, 0.3) is 0 Å². The Morgan fingerprint density at radius 3 is 2.35 bits per heavy atom. The summed E-state index contributed by atoms with van der Waals surface area (Å²) in [4.78, 5) is 11.0. The fraction of sp³-hybridized carbons (Fsp3) is 0.300. The van der Waals surface area contributed by atoms with Gasteiger partial charge in [0.15, 0.2) is 0 Å². The molecule has 1 rings (SSSR count). The topological polar surface area (TPSA) is 109 Å². The fourth-order valence-corrected chi connectivity index (χ4v) is 2.52. The predicted molar refractivity (Wildman–Crippen MR) is 61.9 cm³/mol. The van der Waals surface area contributed by atoms with Crippen molar-refractivity contribution >= 4 is 16.0 Å². The summed E-state index contributed by atoms with van der Waals surface area (Å²) in [5.41, 5.74) is 3.57. The molecule has 17 heavy (non-hydrogen) atoms. The molecule has 0 bridgehead atoms. The Kier molecular flexibility index (Phi) is 3.87. The van der Waals surface area contributed by atoms with Gasteiger partial charge in [0.05, 0.1) is 4.90 Å². The van der Waals surface area contributed by atoms with E-state index in [9.17, 15) is 13.2 Å². The lowest BCUT2D eigenvalue weighted by atomic mass is 10.1. The minimum absolute atomic E-state index is 0.000856. The molecule has 0 amide bonds. The second-order valence-corrected chi connectivity index (χ2v) is 5.44. The van der Waals surface area contributed by atoms with Crippen LogP contribution in [-0.2, 0) is 14.8 Å². The van der Waals surface area contributed by atoms with Crippen molar-refractivity contribution in [3.05, 3.63) is 30.3 Å². The van der Waals surface area contributed by atoms with Gasteiger partial charge in [-0.1, -0.05) is 18.2 Å². The predicted octanol–water partition coefficient (Wildman–Crippen LogP) is -0.233. The molecule has 0 spiro atoms. The maximum absolute atomic E-state index is 11.9. The van der Waals surface area contributed by atoms with E-state index in [1.807, 2.05) is 0 Å². The molecule has 0 aliphatic rings.